The number of nitrogens with zero attached hydrogens (tertiary/aromatic N) is 1. The maximum Gasteiger partial charge on any atom is 0.254 e. The first-order valence-corrected chi connectivity index (χ1v) is 6.61. The fourth-order valence-corrected chi connectivity index (χ4v) is 2.48. The highest BCUT2D eigenvalue weighted by Crippen LogP contribution is 2.19. The van der Waals surface area contributed by atoms with Crippen molar-refractivity contribution in [2.75, 3.05) is 13.1 Å². The Bertz CT molecular complexity index is 461. The monoisotopic (exact) mass is 282 g/mol. The highest BCUT2D eigenvalue weighted by Gasteiger charge is 2.27. The van der Waals surface area contributed by atoms with Gasteiger partial charge >= 0.3 is 0 Å². The molecule has 1 aliphatic heterocycles. The fourth-order valence-electron chi connectivity index (χ4n) is 2.48. The number of rotatable bonds is 1. The molecular formula is C15H23ClN2O. The predicted octanol–water partition coefficient (Wildman–Crippen LogP) is 2.53. The van der Waals surface area contributed by atoms with Crippen molar-refractivity contribution in [3.63, 3.8) is 0 Å². The maximum atomic E-state index is 12.5. The molecule has 0 saturated carbocycles. The third-order valence-electron chi connectivity index (χ3n) is 3.88. The zero-order valence-electron chi connectivity index (χ0n) is 11.8. The third kappa shape index (κ3) is 3.48. The summed E-state index contributed by atoms with van der Waals surface area (Å²) in [6.07, 6.45) is 0.901. The summed E-state index contributed by atoms with van der Waals surface area (Å²) < 4.78 is 0. The Morgan fingerprint density at radius 3 is 2.68 bits per heavy atom. The van der Waals surface area contributed by atoms with E-state index in [4.69, 9.17) is 5.73 Å². The Kier molecular flexibility index (Phi) is 5.39. The Labute approximate surface area is 121 Å². The number of carbonyl (C=O) groups excluding carboxylic acids is 1. The number of halogens is 1. The lowest BCUT2D eigenvalue weighted by atomic mass is 9.94. The van der Waals surface area contributed by atoms with Crippen molar-refractivity contribution < 1.29 is 4.79 Å². The molecule has 0 radical (unpaired) electrons. The normalized spacial score (nSPS) is 22.8. The highest BCUT2D eigenvalue weighted by molar-refractivity contribution is 5.95. The number of nitrogens with two attached hydrogens (primary N) is 1. The van der Waals surface area contributed by atoms with E-state index in [0.29, 0.717) is 5.92 Å². The van der Waals surface area contributed by atoms with Crippen molar-refractivity contribution in [3.05, 3.63) is 34.9 Å². The second-order valence-corrected chi connectivity index (χ2v) is 5.50. The van der Waals surface area contributed by atoms with Crippen molar-refractivity contribution in [1.29, 1.82) is 0 Å². The topological polar surface area (TPSA) is 46.3 Å². The maximum absolute atomic E-state index is 12.5. The zero-order chi connectivity index (χ0) is 13.3. The molecule has 1 aromatic carbocycles. The van der Waals surface area contributed by atoms with Crippen LogP contribution < -0.4 is 5.73 Å². The van der Waals surface area contributed by atoms with Gasteiger partial charge in [0.05, 0.1) is 0 Å². The van der Waals surface area contributed by atoms with E-state index in [-0.39, 0.29) is 24.4 Å². The number of benzene rings is 1. The first kappa shape index (κ1) is 16.0. The number of hydrogen-bond acceptors (Lipinski definition) is 2. The third-order valence-corrected chi connectivity index (χ3v) is 3.88. The number of aryl methyl sites for hydroxylation is 2. The van der Waals surface area contributed by atoms with Crippen molar-refractivity contribution in [2.24, 2.45) is 11.7 Å². The van der Waals surface area contributed by atoms with Crippen LogP contribution in [0.3, 0.4) is 0 Å². The lowest BCUT2D eigenvalue weighted by molar-refractivity contribution is 0.0663. The number of carbonyl (C=O) groups is 1. The number of hydrogen-bond donors (Lipinski definition) is 1. The molecule has 0 aromatic heterocycles. The van der Waals surface area contributed by atoms with E-state index in [1.54, 1.807) is 0 Å². The second kappa shape index (κ2) is 6.40. The van der Waals surface area contributed by atoms with Crippen LogP contribution in [0.2, 0.25) is 0 Å². The van der Waals surface area contributed by atoms with Crippen molar-refractivity contribution in [1.82, 2.24) is 4.90 Å². The summed E-state index contributed by atoms with van der Waals surface area (Å²) in [4.78, 5) is 14.5. The van der Waals surface area contributed by atoms with Gasteiger partial charge < -0.3 is 10.6 Å². The van der Waals surface area contributed by atoms with Gasteiger partial charge in [-0.1, -0.05) is 24.6 Å². The van der Waals surface area contributed by atoms with Crippen molar-refractivity contribution in [2.45, 2.75) is 33.2 Å². The van der Waals surface area contributed by atoms with Gasteiger partial charge in [0.25, 0.3) is 5.91 Å². The van der Waals surface area contributed by atoms with Crippen LogP contribution in [0.5, 0.6) is 0 Å². The molecule has 2 N–H and O–H groups in total. The lowest BCUT2D eigenvalue weighted by Crippen LogP contribution is -2.48. The number of amides is 1. The SMILES string of the molecule is Cc1ccc(C)c(C(=O)N2CCC(N)C(C)C2)c1.Cl. The van der Waals surface area contributed by atoms with Crippen LogP contribution in [0.25, 0.3) is 0 Å². The lowest BCUT2D eigenvalue weighted by Gasteiger charge is -2.35. The van der Waals surface area contributed by atoms with Crippen LogP contribution in [0.1, 0.15) is 34.8 Å². The Hall–Kier alpha value is -1.06. The first-order valence-electron chi connectivity index (χ1n) is 6.61. The molecule has 4 heteroatoms. The summed E-state index contributed by atoms with van der Waals surface area (Å²) in [6.45, 7) is 7.68. The quantitative estimate of drug-likeness (QED) is 0.860. The molecule has 0 aliphatic carbocycles. The summed E-state index contributed by atoms with van der Waals surface area (Å²) in [7, 11) is 0. The fraction of sp³-hybridized carbons (Fsp3) is 0.533. The minimum atomic E-state index is 0. The van der Waals surface area contributed by atoms with Gasteiger partial charge in [0.15, 0.2) is 0 Å². The molecule has 1 fully saturated rings. The van der Waals surface area contributed by atoms with E-state index in [1.165, 1.54) is 0 Å². The van der Waals surface area contributed by atoms with E-state index in [1.807, 2.05) is 36.9 Å². The van der Waals surface area contributed by atoms with Crippen LogP contribution in [-0.2, 0) is 0 Å². The average molecular weight is 283 g/mol. The van der Waals surface area contributed by atoms with Crippen LogP contribution in [0.4, 0.5) is 0 Å². The summed E-state index contributed by atoms with van der Waals surface area (Å²) >= 11 is 0. The largest absolute Gasteiger partial charge is 0.338 e. The molecule has 2 atom stereocenters. The molecular weight excluding hydrogens is 260 g/mol. The Morgan fingerprint density at radius 2 is 2.05 bits per heavy atom. The van der Waals surface area contributed by atoms with Gasteiger partial charge in [-0.15, -0.1) is 12.4 Å². The minimum absolute atomic E-state index is 0. The molecule has 2 unspecified atom stereocenters. The summed E-state index contributed by atoms with van der Waals surface area (Å²) in [5.74, 6) is 0.530. The van der Waals surface area contributed by atoms with E-state index in [2.05, 4.69) is 6.92 Å². The van der Waals surface area contributed by atoms with Gasteiger partial charge in [-0.3, -0.25) is 4.79 Å². The summed E-state index contributed by atoms with van der Waals surface area (Å²) in [5.41, 5.74) is 9.01. The highest BCUT2D eigenvalue weighted by atomic mass is 35.5. The molecule has 0 spiro atoms. The predicted molar refractivity (Wildman–Crippen MR) is 80.8 cm³/mol. The first-order chi connectivity index (χ1) is 8.49. The van der Waals surface area contributed by atoms with Crippen LogP contribution in [0, 0.1) is 19.8 Å². The number of likely N-dealkylation sites (tertiary alicyclic amines) is 1. The minimum Gasteiger partial charge on any atom is -0.338 e. The average Bonchev–Trinajstić information content (AvgIpc) is 2.35. The van der Waals surface area contributed by atoms with Gasteiger partial charge in [0, 0.05) is 24.7 Å². The smallest absolute Gasteiger partial charge is 0.254 e. The Morgan fingerprint density at radius 1 is 1.37 bits per heavy atom. The van der Waals surface area contributed by atoms with Gasteiger partial charge in [0.1, 0.15) is 0 Å². The summed E-state index contributed by atoms with van der Waals surface area (Å²) in [5, 5.41) is 0. The molecule has 1 aliphatic rings. The zero-order valence-corrected chi connectivity index (χ0v) is 12.7. The van der Waals surface area contributed by atoms with E-state index < -0.39 is 0 Å². The molecule has 1 aromatic rings. The molecule has 0 bridgehead atoms. The van der Waals surface area contributed by atoms with Crippen LogP contribution >= 0.6 is 12.4 Å². The van der Waals surface area contributed by atoms with E-state index in [0.717, 1.165) is 36.2 Å². The van der Waals surface area contributed by atoms with Crippen LogP contribution in [-0.4, -0.2) is 29.9 Å². The van der Waals surface area contributed by atoms with Gasteiger partial charge in [-0.05, 0) is 37.8 Å². The molecule has 106 valence electrons. The van der Waals surface area contributed by atoms with Gasteiger partial charge in [-0.2, -0.15) is 0 Å². The van der Waals surface area contributed by atoms with E-state index >= 15 is 0 Å². The molecule has 1 amide bonds. The van der Waals surface area contributed by atoms with Crippen molar-refractivity contribution >= 4 is 18.3 Å². The molecule has 2 rings (SSSR count). The van der Waals surface area contributed by atoms with Gasteiger partial charge in [-0.25, -0.2) is 0 Å². The molecule has 1 heterocycles. The van der Waals surface area contributed by atoms with Gasteiger partial charge in [0.2, 0.25) is 0 Å². The summed E-state index contributed by atoms with van der Waals surface area (Å²) in [6, 6.07) is 6.27. The molecule has 3 nitrogen and oxygen atoms in total. The molecule has 1 saturated heterocycles. The van der Waals surface area contributed by atoms with Crippen LogP contribution in [0.15, 0.2) is 18.2 Å². The molecule has 19 heavy (non-hydrogen) atoms. The van der Waals surface area contributed by atoms with E-state index in [9.17, 15) is 4.79 Å². The standard InChI is InChI=1S/C15H22N2O.ClH/c1-10-4-5-11(2)13(8-10)15(18)17-7-6-14(16)12(3)9-17;/h4-5,8,12,14H,6-7,9,16H2,1-3H3;1H. The van der Waals surface area contributed by atoms with Crippen molar-refractivity contribution in [3.8, 4) is 0 Å². The Balaban J connectivity index is 0.00000180. The number of piperidine rings is 1. The second-order valence-electron chi connectivity index (χ2n) is 5.50.